The van der Waals surface area contributed by atoms with Gasteiger partial charge in [-0.15, -0.1) is 0 Å². The molecule has 0 bridgehead atoms. The minimum absolute atomic E-state index is 0.000556. The van der Waals surface area contributed by atoms with E-state index in [4.69, 9.17) is 11.6 Å². The molecule has 0 saturated carbocycles. The number of nitrogens with zero attached hydrogens (tertiary/aromatic N) is 1. The third-order valence-electron chi connectivity index (χ3n) is 4.61. The molecule has 5 nitrogen and oxygen atoms in total. The summed E-state index contributed by atoms with van der Waals surface area (Å²) < 4.78 is 54.3. The zero-order valence-electron chi connectivity index (χ0n) is 16.7. The van der Waals surface area contributed by atoms with E-state index < -0.39 is 34.1 Å². The van der Waals surface area contributed by atoms with Crippen molar-refractivity contribution < 1.29 is 22.0 Å². The van der Waals surface area contributed by atoms with Crippen LogP contribution in [-0.2, 0) is 14.8 Å². The Morgan fingerprint density at radius 2 is 1.68 bits per heavy atom. The molecule has 3 aromatic rings. The molecule has 1 amide bonds. The normalized spacial score (nSPS) is 11.3. The average Bonchev–Trinajstić information content (AvgIpc) is 2.71. The van der Waals surface area contributed by atoms with Crippen LogP contribution in [0.2, 0.25) is 5.02 Å². The van der Waals surface area contributed by atoms with E-state index in [2.05, 4.69) is 5.32 Å². The first-order valence-electron chi connectivity index (χ1n) is 9.19. The van der Waals surface area contributed by atoms with Crippen molar-refractivity contribution in [1.82, 2.24) is 0 Å². The standard InChI is InChI=1S/C22H19ClF2N2O3S/c1-14-6-9-17(10-7-14)31(29,30)27(21-5-3-4-18(23)15(21)2)13-22(28)26-16-8-11-19(24)20(25)12-16/h3-12H,13H2,1-2H3,(H,26,28). The predicted octanol–water partition coefficient (Wildman–Crippen LogP) is 5.07. The second-order valence-corrected chi connectivity index (χ2v) is 9.16. The fraction of sp³-hybridized carbons (Fsp3) is 0.136. The topological polar surface area (TPSA) is 66.5 Å². The second kappa shape index (κ2) is 9.03. The van der Waals surface area contributed by atoms with Crippen LogP contribution in [0.3, 0.4) is 0 Å². The van der Waals surface area contributed by atoms with Gasteiger partial charge in [0.2, 0.25) is 5.91 Å². The van der Waals surface area contributed by atoms with Gasteiger partial charge in [-0.2, -0.15) is 0 Å². The first-order valence-corrected chi connectivity index (χ1v) is 11.0. The van der Waals surface area contributed by atoms with Gasteiger partial charge < -0.3 is 5.32 Å². The van der Waals surface area contributed by atoms with Gasteiger partial charge in [0.15, 0.2) is 11.6 Å². The van der Waals surface area contributed by atoms with Crippen molar-refractivity contribution in [3.63, 3.8) is 0 Å². The third-order valence-corrected chi connectivity index (χ3v) is 6.79. The predicted molar refractivity (Wildman–Crippen MR) is 117 cm³/mol. The Kier molecular flexibility index (Phi) is 6.62. The molecule has 0 aromatic heterocycles. The number of rotatable bonds is 6. The fourth-order valence-electron chi connectivity index (χ4n) is 2.91. The number of hydrogen-bond donors (Lipinski definition) is 1. The number of carbonyl (C=O) groups excluding carboxylic acids is 1. The number of anilines is 2. The summed E-state index contributed by atoms with van der Waals surface area (Å²) >= 11 is 6.17. The molecular weight excluding hydrogens is 446 g/mol. The zero-order valence-corrected chi connectivity index (χ0v) is 18.3. The summed E-state index contributed by atoms with van der Waals surface area (Å²) in [5.74, 6) is -2.93. The summed E-state index contributed by atoms with van der Waals surface area (Å²) in [5.41, 5.74) is 1.58. The lowest BCUT2D eigenvalue weighted by Crippen LogP contribution is -2.38. The molecule has 0 spiro atoms. The van der Waals surface area contributed by atoms with Crippen LogP contribution in [-0.4, -0.2) is 20.9 Å². The van der Waals surface area contributed by atoms with E-state index in [0.717, 1.165) is 22.0 Å². The van der Waals surface area contributed by atoms with Gasteiger partial charge in [-0.25, -0.2) is 17.2 Å². The maximum absolute atomic E-state index is 13.5. The van der Waals surface area contributed by atoms with E-state index in [9.17, 15) is 22.0 Å². The van der Waals surface area contributed by atoms with Crippen molar-refractivity contribution in [2.75, 3.05) is 16.2 Å². The molecular formula is C22H19ClF2N2O3S. The average molecular weight is 465 g/mol. The van der Waals surface area contributed by atoms with Gasteiger partial charge in [0.1, 0.15) is 6.54 Å². The van der Waals surface area contributed by atoms with Gasteiger partial charge in [-0.05, 0) is 55.8 Å². The van der Waals surface area contributed by atoms with Crippen molar-refractivity contribution in [3.05, 3.63) is 88.4 Å². The molecule has 9 heteroatoms. The van der Waals surface area contributed by atoms with Crippen molar-refractivity contribution >= 4 is 38.9 Å². The summed E-state index contributed by atoms with van der Waals surface area (Å²) in [6, 6.07) is 13.8. The number of hydrogen-bond acceptors (Lipinski definition) is 3. The van der Waals surface area contributed by atoms with Gasteiger partial charge in [0, 0.05) is 16.8 Å². The molecule has 0 aliphatic carbocycles. The van der Waals surface area contributed by atoms with Crippen LogP contribution in [0.4, 0.5) is 20.2 Å². The number of nitrogens with one attached hydrogen (secondary N) is 1. The minimum atomic E-state index is -4.13. The zero-order chi connectivity index (χ0) is 22.8. The Labute approximate surface area is 184 Å². The number of benzene rings is 3. The minimum Gasteiger partial charge on any atom is -0.324 e. The molecule has 0 unspecified atom stereocenters. The number of carbonyl (C=O) groups is 1. The summed E-state index contributed by atoms with van der Waals surface area (Å²) in [4.78, 5) is 12.7. The highest BCUT2D eigenvalue weighted by atomic mass is 35.5. The van der Waals surface area contributed by atoms with E-state index in [1.807, 2.05) is 6.92 Å². The summed E-state index contributed by atoms with van der Waals surface area (Å²) in [5, 5.41) is 2.73. The van der Waals surface area contributed by atoms with E-state index in [-0.39, 0.29) is 16.3 Å². The lowest BCUT2D eigenvalue weighted by molar-refractivity contribution is -0.114. The van der Waals surface area contributed by atoms with Gasteiger partial charge in [-0.1, -0.05) is 35.4 Å². The first kappa shape index (κ1) is 22.7. The van der Waals surface area contributed by atoms with Gasteiger partial charge in [0.05, 0.1) is 10.6 Å². The van der Waals surface area contributed by atoms with E-state index in [0.29, 0.717) is 10.6 Å². The SMILES string of the molecule is Cc1ccc(S(=O)(=O)N(CC(=O)Nc2ccc(F)c(F)c2)c2cccc(Cl)c2C)cc1. The molecule has 0 atom stereocenters. The summed E-state index contributed by atoms with van der Waals surface area (Å²) in [6.45, 7) is 2.86. The van der Waals surface area contributed by atoms with Gasteiger partial charge >= 0.3 is 0 Å². The van der Waals surface area contributed by atoms with E-state index in [1.165, 1.54) is 24.3 Å². The van der Waals surface area contributed by atoms with Crippen molar-refractivity contribution in [2.45, 2.75) is 18.7 Å². The lowest BCUT2D eigenvalue weighted by atomic mass is 10.2. The van der Waals surface area contributed by atoms with Crippen LogP contribution < -0.4 is 9.62 Å². The molecule has 162 valence electrons. The quantitative estimate of drug-likeness (QED) is 0.554. The molecule has 0 aliphatic heterocycles. The highest BCUT2D eigenvalue weighted by Crippen LogP contribution is 2.31. The Balaban J connectivity index is 1.99. The monoisotopic (exact) mass is 464 g/mol. The van der Waals surface area contributed by atoms with Crippen molar-refractivity contribution in [1.29, 1.82) is 0 Å². The van der Waals surface area contributed by atoms with Gasteiger partial charge in [0.25, 0.3) is 10.0 Å². The largest absolute Gasteiger partial charge is 0.324 e. The molecule has 31 heavy (non-hydrogen) atoms. The van der Waals surface area contributed by atoms with Gasteiger partial charge in [-0.3, -0.25) is 9.10 Å². The fourth-order valence-corrected chi connectivity index (χ4v) is 4.56. The molecule has 0 fully saturated rings. The maximum atomic E-state index is 13.5. The Morgan fingerprint density at radius 1 is 1.00 bits per heavy atom. The number of amides is 1. The molecule has 0 radical (unpaired) electrons. The third kappa shape index (κ3) is 5.03. The van der Waals surface area contributed by atoms with Crippen LogP contribution in [0, 0.1) is 25.5 Å². The van der Waals surface area contributed by atoms with Crippen molar-refractivity contribution in [3.8, 4) is 0 Å². The molecule has 0 heterocycles. The van der Waals surface area contributed by atoms with E-state index in [1.54, 1.807) is 31.2 Å². The van der Waals surface area contributed by atoms with Crippen LogP contribution in [0.25, 0.3) is 0 Å². The van der Waals surface area contributed by atoms with Crippen LogP contribution in [0.15, 0.2) is 65.6 Å². The molecule has 1 N–H and O–H groups in total. The maximum Gasteiger partial charge on any atom is 0.264 e. The van der Waals surface area contributed by atoms with Crippen molar-refractivity contribution in [2.24, 2.45) is 0 Å². The number of halogens is 3. The second-order valence-electron chi connectivity index (χ2n) is 6.89. The first-order chi connectivity index (χ1) is 14.6. The molecule has 0 aliphatic rings. The molecule has 3 rings (SSSR count). The van der Waals surface area contributed by atoms with Crippen LogP contribution in [0.5, 0.6) is 0 Å². The molecule has 3 aromatic carbocycles. The van der Waals surface area contributed by atoms with Crippen LogP contribution in [0.1, 0.15) is 11.1 Å². The Bertz CT molecular complexity index is 1230. The summed E-state index contributed by atoms with van der Waals surface area (Å²) in [6.07, 6.45) is 0. The smallest absolute Gasteiger partial charge is 0.264 e. The highest BCUT2D eigenvalue weighted by Gasteiger charge is 2.29. The number of sulfonamides is 1. The Hall–Kier alpha value is -2.97. The lowest BCUT2D eigenvalue weighted by Gasteiger charge is -2.26. The Morgan fingerprint density at radius 3 is 2.32 bits per heavy atom. The highest BCUT2D eigenvalue weighted by molar-refractivity contribution is 7.92. The van der Waals surface area contributed by atoms with Crippen LogP contribution >= 0.6 is 11.6 Å². The molecule has 0 saturated heterocycles. The summed E-state index contributed by atoms with van der Waals surface area (Å²) in [7, 11) is -4.13. The number of aryl methyl sites for hydroxylation is 1. The van der Waals surface area contributed by atoms with E-state index >= 15 is 0 Å².